The largest absolute Gasteiger partial charge is 0.481 e. The molecule has 4 nitrogen and oxygen atoms in total. The van der Waals surface area contributed by atoms with Crippen molar-refractivity contribution in [3.8, 4) is 0 Å². The molecule has 2 atom stereocenters. The molecule has 0 radical (unpaired) electrons. The Morgan fingerprint density at radius 3 is 2.47 bits per heavy atom. The highest BCUT2D eigenvalue weighted by molar-refractivity contribution is 5.81. The average Bonchev–Trinajstić information content (AvgIpc) is 2.62. The first-order valence-electron chi connectivity index (χ1n) is 5.15. The van der Waals surface area contributed by atoms with Crippen molar-refractivity contribution in [2.75, 3.05) is 6.54 Å². The second-order valence-electron chi connectivity index (χ2n) is 4.22. The number of carbonyl (C=O) groups excluding carboxylic acids is 1. The van der Waals surface area contributed by atoms with Gasteiger partial charge in [-0.2, -0.15) is 0 Å². The standard InChI is InChI=1S/C11H17NO3/c1-7(2)6-12-10(13)8-3-4-9(5-8)11(14)15/h8-9H,1,3-6H2,2H3,(H,12,13)(H,14,15). The van der Waals surface area contributed by atoms with Crippen LogP contribution in [0.5, 0.6) is 0 Å². The van der Waals surface area contributed by atoms with Crippen molar-refractivity contribution >= 4 is 11.9 Å². The molecule has 4 heteroatoms. The van der Waals surface area contributed by atoms with Crippen molar-refractivity contribution in [1.82, 2.24) is 5.32 Å². The Labute approximate surface area is 89.4 Å². The Bertz CT molecular complexity index is 286. The van der Waals surface area contributed by atoms with E-state index in [1.807, 2.05) is 6.92 Å². The molecule has 84 valence electrons. The predicted molar refractivity (Wildman–Crippen MR) is 56.3 cm³/mol. The van der Waals surface area contributed by atoms with Crippen LogP contribution in [-0.4, -0.2) is 23.5 Å². The van der Waals surface area contributed by atoms with Crippen molar-refractivity contribution < 1.29 is 14.7 Å². The van der Waals surface area contributed by atoms with Crippen molar-refractivity contribution in [3.05, 3.63) is 12.2 Å². The third-order valence-electron chi connectivity index (χ3n) is 2.72. The van der Waals surface area contributed by atoms with E-state index in [-0.39, 0.29) is 17.7 Å². The van der Waals surface area contributed by atoms with E-state index >= 15 is 0 Å². The Balaban J connectivity index is 2.36. The van der Waals surface area contributed by atoms with E-state index in [0.717, 1.165) is 5.57 Å². The van der Waals surface area contributed by atoms with Gasteiger partial charge in [0.05, 0.1) is 5.92 Å². The number of carboxylic acid groups (broad SMARTS) is 1. The Kier molecular flexibility index (Phi) is 3.88. The molecule has 2 N–H and O–H groups in total. The molecule has 0 aromatic rings. The average molecular weight is 211 g/mol. The quantitative estimate of drug-likeness (QED) is 0.686. The molecule has 1 aliphatic carbocycles. The van der Waals surface area contributed by atoms with Crippen molar-refractivity contribution in [1.29, 1.82) is 0 Å². The number of aliphatic carboxylic acids is 1. The van der Waals surface area contributed by atoms with Crippen LogP contribution in [0.1, 0.15) is 26.2 Å². The lowest BCUT2D eigenvalue weighted by Crippen LogP contribution is -2.30. The predicted octanol–water partition coefficient (Wildman–Crippen LogP) is 1.18. The van der Waals surface area contributed by atoms with E-state index in [0.29, 0.717) is 25.8 Å². The first-order valence-corrected chi connectivity index (χ1v) is 5.15. The van der Waals surface area contributed by atoms with Gasteiger partial charge in [-0.1, -0.05) is 12.2 Å². The van der Waals surface area contributed by atoms with Crippen LogP contribution in [0.3, 0.4) is 0 Å². The minimum Gasteiger partial charge on any atom is -0.481 e. The molecule has 15 heavy (non-hydrogen) atoms. The van der Waals surface area contributed by atoms with Crippen LogP contribution in [0.25, 0.3) is 0 Å². The Hall–Kier alpha value is -1.32. The van der Waals surface area contributed by atoms with Gasteiger partial charge >= 0.3 is 5.97 Å². The van der Waals surface area contributed by atoms with E-state index in [4.69, 9.17) is 5.11 Å². The van der Waals surface area contributed by atoms with Crippen LogP contribution < -0.4 is 5.32 Å². The molecular weight excluding hydrogens is 194 g/mol. The first kappa shape index (κ1) is 11.8. The lowest BCUT2D eigenvalue weighted by Gasteiger charge is -2.10. The fourth-order valence-corrected chi connectivity index (χ4v) is 1.83. The second-order valence-corrected chi connectivity index (χ2v) is 4.22. The number of hydrogen-bond donors (Lipinski definition) is 2. The van der Waals surface area contributed by atoms with Gasteiger partial charge in [0, 0.05) is 12.5 Å². The van der Waals surface area contributed by atoms with Crippen molar-refractivity contribution in [2.24, 2.45) is 11.8 Å². The zero-order valence-electron chi connectivity index (χ0n) is 8.95. The van der Waals surface area contributed by atoms with Crippen LogP contribution in [0.2, 0.25) is 0 Å². The summed E-state index contributed by atoms with van der Waals surface area (Å²) >= 11 is 0. The van der Waals surface area contributed by atoms with Gasteiger partial charge in [0.15, 0.2) is 0 Å². The summed E-state index contributed by atoms with van der Waals surface area (Å²) in [5, 5.41) is 11.5. The fraction of sp³-hybridized carbons (Fsp3) is 0.636. The molecule has 0 spiro atoms. The Morgan fingerprint density at radius 2 is 2.00 bits per heavy atom. The van der Waals surface area contributed by atoms with Crippen LogP contribution in [0.4, 0.5) is 0 Å². The van der Waals surface area contributed by atoms with Gasteiger partial charge in [0.2, 0.25) is 5.91 Å². The normalized spacial score (nSPS) is 24.9. The summed E-state index contributed by atoms with van der Waals surface area (Å²) < 4.78 is 0. The van der Waals surface area contributed by atoms with E-state index < -0.39 is 5.97 Å². The van der Waals surface area contributed by atoms with Crippen LogP contribution >= 0.6 is 0 Å². The van der Waals surface area contributed by atoms with E-state index in [9.17, 15) is 9.59 Å². The Morgan fingerprint density at radius 1 is 1.40 bits per heavy atom. The van der Waals surface area contributed by atoms with E-state index in [2.05, 4.69) is 11.9 Å². The van der Waals surface area contributed by atoms with Gasteiger partial charge < -0.3 is 10.4 Å². The summed E-state index contributed by atoms with van der Waals surface area (Å²) in [6.07, 6.45) is 1.76. The summed E-state index contributed by atoms with van der Waals surface area (Å²) in [6, 6.07) is 0. The maximum Gasteiger partial charge on any atom is 0.306 e. The number of nitrogens with one attached hydrogen (secondary N) is 1. The molecule has 2 unspecified atom stereocenters. The molecule has 0 saturated heterocycles. The number of rotatable bonds is 4. The monoisotopic (exact) mass is 211 g/mol. The van der Waals surface area contributed by atoms with Crippen LogP contribution in [-0.2, 0) is 9.59 Å². The van der Waals surface area contributed by atoms with Gasteiger partial charge in [0.25, 0.3) is 0 Å². The summed E-state index contributed by atoms with van der Waals surface area (Å²) in [5.41, 5.74) is 0.899. The highest BCUT2D eigenvalue weighted by Gasteiger charge is 2.33. The van der Waals surface area contributed by atoms with E-state index in [1.165, 1.54) is 0 Å². The molecule has 0 bridgehead atoms. The number of carboxylic acids is 1. The van der Waals surface area contributed by atoms with Gasteiger partial charge in [-0.05, 0) is 26.2 Å². The van der Waals surface area contributed by atoms with Crippen molar-refractivity contribution in [2.45, 2.75) is 26.2 Å². The number of carbonyl (C=O) groups is 2. The summed E-state index contributed by atoms with van der Waals surface area (Å²) in [6.45, 7) is 6.01. The third-order valence-corrected chi connectivity index (χ3v) is 2.72. The molecule has 1 fully saturated rings. The van der Waals surface area contributed by atoms with Crippen LogP contribution in [0.15, 0.2) is 12.2 Å². The summed E-state index contributed by atoms with van der Waals surface area (Å²) in [5.74, 6) is -1.30. The topological polar surface area (TPSA) is 66.4 Å². The van der Waals surface area contributed by atoms with Crippen molar-refractivity contribution in [3.63, 3.8) is 0 Å². The van der Waals surface area contributed by atoms with Gasteiger partial charge in [0.1, 0.15) is 0 Å². The molecule has 1 aliphatic rings. The first-order chi connectivity index (χ1) is 7.00. The molecule has 1 amide bonds. The number of amides is 1. The fourth-order valence-electron chi connectivity index (χ4n) is 1.83. The molecule has 0 aromatic carbocycles. The van der Waals surface area contributed by atoms with Crippen LogP contribution in [0, 0.1) is 11.8 Å². The minimum absolute atomic E-state index is 0.0400. The molecule has 0 heterocycles. The highest BCUT2D eigenvalue weighted by Crippen LogP contribution is 2.30. The minimum atomic E-state index is -0.787. The smallest absolute Gasteiger partial charge is 0.306 e. The molecular formula is C11H17NO3. The maximum atomic E-state index is 11.6. The summed E-state index contributed by atoms with van der Waals surface area (Å²) in [4.78, 5) is 22.3. The molecule has 1 saturated carbocycles. The third kappa shape index (κ3) is 3.38. The van der Waals surface area contributed by atoms with E-state index in [1.54, 1.807) is 0 Å². The molecule has 1 rings (SSSR count). The molecule has 0 aliphatic heterocycles. The zero-order valence-corrected chi connectivity index (χ0v) is 8.95. The summed E-state index contributed by atoms with van der Waals surface area (Å²) in [7, 11) is 0. The molecule has 0 aromatic heterocycles. The van der Waals surface area contributed by atoms with Gasteiger partial charge in [-0.3, -0.25) is 9.59 Å². The number of hydrogen-bond acceptors (Lipinski definition) is 2. The zero-order chi connectivity index (χ0) is 11.4. The lowest BCUT2D eigenvalue weighted by molar-refractivity contribution is -0.141. The highest BCUT2D eigenvalue weighted by atomic mass is 16.4. The van der Waals surface area contributed by atoms with Gasteiger partial charge in [-0.15, -0.1) is 0 Å². The maximum absolute atomic E-state index is 11.6. The van der Waals surface area contributed by atoms with Gasteiger partial charge in [-0.25, -0.2) is 0 Å². The lowest BCUT2D eigenvalue weighted by atomic mass is 10.0. The second kappa shape index (κ2) is 4.96. The SMILES string of the molecule is C=C(C)CNC(=O)C1CCC(C(=O)O)C1.